The van der Waals surface area contributed by atoms with Gasteiger partial charge in [-0.05, 0) is 38.0 Å². The molecular weight excluding hydrogens is 306 g/mol. The van der Waals surface area contributed by atoms with E-state index in [2.05, 4.69) is 25.8 Å². The predicted molar refractivity (Wildman–Crippen MR) is 94.1 cm³/mol. The summed E-state index contributed by atoms with van der Waals surface area (Å²) < 4.78 is 10.4. The van der Waals surface area contributed by atoms with Gasteiger partial charge < -0.3 is 19.9 Å². The normalized spacial score (nSPS) is 17.2. The van der Waals surface area contributed by atoms with E-state index in [9.17, 15) is 0 Å². The number of hydrogen-bond acceptors (Lipinski definition) is 5. The van der Waals surface area contributed by atoms with E-state index in [-0.39, 0.29) is 0 Å². The number of guanidine groups is 1. The van der Waals surface area contributed by atoms with E-state index in [1.165, 1.54) is 25.7 Å². The Morgan fingerprint density at radius 2 is 2.12 bits per heavy atom. The second kappa shape index (κ2) is 9.61. The summed E-state index contributed by atoms with van der Waals surface area (Å²) in [5.74, 6) is 2.25. The maximum absolute atomic E-state index is 5.29. The van der Waals surface area contributed by atoms with Gasteiger partial charge in [-0.15, -0.1) is 0 Å². The van der Waals surface area contributed by atoms with E-state index in [0.717, 1.165) is 44.9 Å². The van der Waals surface area contributed by atoms with Crippen molar-refractivity contribution in [2.24, 2.45) is 10.4 Å². The molecule has 0 spiro atoms. The molecule has 1 aliphatic carbocycles. The van der Waals surface area contributed by atoms with Crippen LogP contribution in [0.1, 0.15) is 50.2 Å². The van der Waals surface area contributed by atoms with Gasteiger partial charge in [0.1, 0.15) is 0 Å². The zero-order valence-corrected chi connectivity index (χ0v) is 15.2. The van der Waals surface area contributed by atoms with Crippen molar-refractivity contribution in [3.05, 3.63) is 11.7 Å². The minimum Gasteiger partial charge on any atom is -0.385 e. The van der Waals surface area contributed by atoms with Gasteiger partial charge in [-0.25, -0.2) is 0 Å². The summed E-state index contributed by atoms with van der Waals surface area (Å²) in [7, 11) is 3.59. The summed E-state index contributed by atoms with van der Waals surface area (Å²) >= 11 is 0. The SMILES string of the molecule is CN=C(NCCCc1nc(C)no1)NCC1(CCOC)CCCC1. The third-order valence-corrected chi connectivity index (χ3v) is 4.78. The highest BCUT2D eigenvalue weighted by Crippen LogP contribution is 2.40. The van der Waals surface area contributed by atoms with Crippen LogP contribution in [0, 0.1) is 12.3 Å². The van der Waals surface area contributed by atoms with Gasteiger partial charge in [0.2, 0.25) is 5.89 Å². The molecule has 2 N–H and O–H groups in total. The molecule has 1 saturated carbocycles. The largest absolute Gasteiger partial charge is 0.385 e. The summed E-state index contributed by atoms with van der Waals surface area (Å²) in [4.78, 5) is 8.53. The van der Waals surface area contributed by atoms with Crippen LogP contribution in [0.15, 0.2) is 9.52 Å². The number of nitrogens with zero attached hydrogens (tertiary/aromatic N) is 3. The zero-order chi connectivity index (χ0) is 17.3. The molecule has 0 bridgehead atoms. The fraction of sp³-hybridized carbons (Fsp3) is 0.824. The molecule has 1 fully saturated rings. The number of hydrogen-bond donors (Lipinski definition) is 2. The molecule has 136 valence electrons. The molecule has 7 heteroatoms. The minimum absolute atomic E-state index is 0.356. The van der Waals surface area contributed by atoms with Crippen LogP contribution in [-0.2, 0) is 11.2 Å². The van der Waals surface area contributed by atoms with Gasteiger partial charge in [0, 0.05) is 40.3 Å². The lowest BCUT2D eigenvalue weighted by molar-refractivity contribution is 0.138. The first-order chi connectivity index (χ1) is 11.7. The van der Waals surface area contributed by atoms with Crippen molar-refractivity contribution in [2.75, 3.05) is 33.9 Å². The molecule has 7 nitrogen and oxygen atoms in total. The van der Waals surface area contributed by atoms with E-state index in [0.29, 0.717) is 17.1 Å². The van der Waals surface area contributed by atoms with Crippen molar-refractivity contribution in [1.29, 1.82) is 0 Å². The second-order valence-electron chi connectivity index (χ2n) is 6.64. The van der Waals surface area contributed by atoms with Crippen LogP contribution in [0.4, 0.5) is 0 Å². The van der Waals surface area contributed by atoms with Crippen molar-refractivity contribution < 1.29 is 9.26 Å². The standard InChI is InChI=1S/C17H31N5O2/c1-14-21-15(24-22-14)7-6-11-19-16(18-2)20-13-17(10-12-23-3)8-4-5-9-17/h4-13H2,1-3H3,(H2,18,19,20). The first-order valence-electron chi connectivity index (χ1n) is 8.90. The van der Waals surface area contributed by atoms with Crippen LogP contribution < -0.4 is 10.6 Å². The number of methoxy groups -OCH3 is 1. The molecule has 0 atom stereocenters. The molecule has 1 aromatic heterocycles. The number of nitrogens with one attached hydrogen (secondary N) is 2. The molecule has 0 saturated heterocycles. The van der Waals surface area contributed by atoms with Crippen LogP contribution >= 0.6 is 0 Å². The summed E-state index contributed by atoms with van der Waals surface area (Å²) in [6.45, 7) is 4.45. The molecule has 0 amide bonds. The molecule has 2 rings (SSSR count). The average molecular weight is 337 g/mol. The molecule has 0 aromatic carbocycles. The Labute approximate surface area is 144 Å². The van der Waals surface area contributed by atoms with Gasteiger partial charge in [0.25, 0.3) is 0 Å². The Kier molecular flexibility index (Phi) is 7.49. The summed E-state index contributed by atoms with van der Waals surface area (Å²) in [6.07, 6.45) is 8.01. The van der Waals surface area contributed by atoms with Gasteiger partial charge in [-0.2, -0.15) is 4.98 Å². The molecule has 0 radical (unpaired) electrons. The predicted octanol–water partition coefficient (Wildman–Crippen LogP) is 2.07. The van der Waals surface area contributed by atoms with Crippen molar-refractivity contribution in [2.45, 2.75) is 51.9 Å². The Bertz CT molecular complexity index is 509. The second-order valence-corrected chi connectivity index (χ2v) is 6.64. The van der Waals surface area contributed by atoms with E-state index in [4.69, 9.17) is 9.26 Å². The summed E-state index contributed by atoms with van der Waals surface area (Å²) in [5.41, 5.74) is 0.356. The lowest BCUT2D eigenvalue weighted by atomic mass is 9.83. The highest BCUT2D eigenvalue weighted by atomic mass is 16.5. The van der Waals surface area contributed by atoms with E-state index in [1.54, 1.807) is 7.11 Å². The highest BCUT2D eigenvalue weighted by Gasteiger charge is 2.33. The van der Waals surface area contributed by atoms with Gasteiger partial charge in [-0.3, -0.25) is 4.99 Å². The molecular formula is C17H31N5O2. The van der Waals surface area contributed by atoms with Gasteiger partial charge in [0.05, 0.1) is 0 Å². The lowest BCUT2D eigenvalue weighted by Crippen LogP contribution is -2.43. The third kappa shape index (κ3) is 5.78. The smallest absolute Gasteiger partial charge is 0.226 e. The number of ether oxygens (including phenoxy) is 1. The molecule has 1 aromatic rings. The van der Waals surface area contributed by atoms with Crippen LogP contribution in [0.2, 0.25) is 0 Å². The summed E-state index contributed by atoms with van der Waals surface area (Å²) in [6, 6.07) is 0. The maximum Gasteiger partial charge on any atom is 0.226 e. The van der Waals surface area contributed by atoms with Crippen LogP contribution in [0.3, 0.4) is 0 Å². The van der Waals surface area contributed by atoms with Gasteiger partial charge in [-0.1, -0.05) is 18.0 Å². The number of aromatic nitrogens is 2. The molecule has 1 heterocycles. The summed E-state index contributed by atoms with van der Waals surface area (Å²) in [5, 5.41) is 10.7. The van der Waals surface area contributed by atoms with Crippen LogP contribution in [-0.4, -0.2) is 50.0 Å². The van der Waals surface area contributed by atoms with E-state index >= 15 is 0 Å². The zero-order valence-electron chi connectivity index (χ0n) is 15.2. The van der Waals surface area contributed by atoms with Crippen molar-refractivity contribution >= 4 is 5.96 Å². The van der Waals surface area contributed by atoms with E-state index in [1.807, 2.05) is 14.0 Å². The minimum atomic E-state index is 0.356. The Hall–Kier alpha value is -1.63. The average Bonchev–Trinajstić information content (AvgIpc) is 3.22. The van der Waals surface area contributed by atoms with Crippen LogP contribution in [0.25, 0.3) is 0 Å². The fourth-order valence-corrected chi connectivity index (χ4v) is 3.34. The number of aliphatic imine (C=N–C) groups is 1. The molecule has 0 unspecified atom stereocenters. The number of rotatable bonds is 9. The Morgan fingerprint density at radius 1 is 1.33 bits per heavy atom. The van der Waals surface area contributed by atoms with Crippen LogP contribution in [0.5, 0.6) is 0 Å². The number of aryl methyl sites for hydroxylation is 2. The Balaban J connectivity index is 1.69. The van der Waals surface area contributed by atoms with Crippen molar-refractivity contribution in [1.82, 2.24) is 20.8 Å². The lowest BCUT2D eigenvalue weighted by Gasteiger charge is -2.29. The monoisotopic (exact) mass is 337 g/mol. The van der Waals surface area contributed by atoms with E-state index < -0.39 is 0 Å². The molecule has 1 aliphatic rings. The topological polar surface area (TPSA) is 84.6 Å². The highest BCUT2D eigenvalue weighted by molar-refractivity contribution is 5.79. The first kappa shape index (κ1) is 18.7. The Morgan fingerprint density at radius 3 is 2.75 bits per heavy atom. The fourth-order valence-electron chi connectivity index (χ4n) is 3.34. The van der Waals surface area contributed by atoms with Crippen molar-refractivity contribution in [3.8, 4) is 0 Å². The molecule has 24 heavy (non-hydrogen) atoms. The first-order valence-corrected chi connectivity index (χ1v) is 8.90. The quantitative estimate of drug-likeness (QED) is 0.408. The third-order valence-electron chi connectivity index (χ3n) is 4.78. The molecule has 0 aliphatic heterocycles. The van der Waals surface area contributed by atoms with Gasteiger partial charge >= 0.3 is 0 Å². The maximum atomic E-state index is 5.29. The van der Waals surface area contributed by atoms with Crippen molar-refractivity contribution in [3.63, 3.8) is 0 Å². The van der Waals surface area contributed by atoms with Gasteiger partial charge in [0.15, 0.2) is 11.8 Å².